The lowest BCUT2D eigenvalue weighted by Crippen LogP contribution is -2.48. The number of benzene rings is 2. The van der Waals surface area contributed by atoms with E-state index in [9.17, 15) is 28.4 Å². The molecule has 10 nitrogen and oxygen atoms in total. The number of nitro groups is 1. The van der Waals surface area contributed by atoms with Gasteiger partial charge in [-0.2, -0.15) is 0 Å². The maximum absolute atomic E-state index is 13.5. The number of nitrogens with one attached hydrogen (secondary N) is 1. The van der Waals surface area contributed by atoms with E-state index in [0.717, 1.165) is 6.07 Å². The van der Waals surface area contributed by atoms with Crippen LogP contribution in [0.15, 0.2) is 59.5 Å². The number of methoxy groups -OCH3 is 1. The van der Waals surface area contributed by atoms with Gasteiger partial charge in [-0.15, -0.1) is 0 Å². The average molecular weight is 595 g/mol. The van der Waals surface area contributed by atoms with Crippen LogP contribution in [0.4, 0.5) is 5.69 Å². The lowest BCUT2D eigenvalue weighted by molar-refractivity contribution is -0.387. The minimum absolute atomic E-state index is 0.0918. The monoisotopic (exact) mass is 594 g/mol. The number of rotatable bonds is 15. The molecule has 0 heterocycles. The maximum atomic E-state index is 13.5. The molecule has 3 atom stereocenters. The third kappa shape index (κ3) is 9.48. The van der Waals surface area contributed by atoms with Crippen LogP contribution in [0.25, 0.3) is 0 Å². The summed E-state index contributed by atoms with van der Waals surface area (Å²) >= 11 is 0. The standard InChI is InChI=1S/C28H42N2O8SSi/c1-28(2,3)40(5,6)38-25(24(31)17-11-13-19-27(32)37-4)20-22(21-14-8-7-9-15-21)29-39(35,36)26-18-12-10-16-23(26)30(33)34/h7-10,12,14-16,18,22,24-25,29,31H,11,13,17,19-20H2,1-6H3/t22-,24-,25-/m1/s1. The molecule has 0 amide bonds. The zero-order valence-corrected chi connectivity index (χ0v) is 25.9. The molecule has 0 aliphatic rings. The van der Waals surface area contributed by atoms with Gasteiger partial charge in [-0.1, -0.05) is 69.7 Å². The van der Waals surface area contributed by atoms with Gasteiger partial charge in [-0.05, 0) is 49.0 Å². The minimum Gasteiger partial charge on any atom is -0.469 e. The predicted molar refractivity (Wildman–Crippen MR) is 156 cm³/mol. The van der Waals surface area contributed by atoms with Crippen LogP contribution in [-0.2, 0) is 24.0 Å². The molecular weight excluding hydrogens is 552 g/mol. The van der Waals surface area contributed by atoms with Gasteiger partial charge < -0.3 is 14.3 Å². The van der Waals surface area contributed by atoms with E-state index >= 15 is 0 Å². The van der Waals surface area contributed by atoms with Crippen molar-refractivity contribution in [3.8, 4) is 0 Å². The number of carbonyl (C=O) groups is 1. The predicted octanol–water partition coefficient (Wildman–Crippen LogP) is 5.49. The number of aliphatic hydroxyl groups excluding tert-OH is 1. The van der Waals surface area contributed by atoms with Crippen molar-refractivity contribution in [1.29, 1.82) is 0 Å². The highest BCUT2D eigenvalue weighted by Crippen LogP contribution is 2.39. The number of nitro benzene ring substituents is 1. The van der Waals surface area contributed by atoms with Crippen LogP contribution in [0, 0.1) is 10.1 Å². The highest BCUT2D eigenvalue weighted by atomic mass is 32.2. The summed E-state index contributed by atoms with van der Waals surface area (Å²) in [5, 5.41) is 22.7. The fraction of sp³-hybridized carbons (Fsp3) is 0.536. The fourth-order valence-corrected chi connectivity index (χ4v) is 6.78. The van der Waals surface area contributed by atoms with Gasteiger partial charge >= 0.3 is 5.97 Å². The van der Waals surface area contributed by atoms with Gasteiger partial charge in [0.15, 0.2) is 13.2 Å². The van der Waals surface area contributed by atoms with E-state index in [0.29, 0.717) is 24.8 Å². The first-order valence-corrected chi connectivity index (χ1v) is 17.7. The first-order chi connectivity index (χ1) is 18.6. The molecule has 0 saturated carbocycles. The molecule has 0 aliphatic carbocycles. The molecule has 2 rings (SSSR count). The molecule has 0 spiro atoms. The Kier molecular flexibility index (Phi) is 12.0. The lowest BCUT2D eigenvalue weighted by atomic mass is 9.96. The SMILES string of the molecule is COC(=O)CCCC[C@@H](O)[C@@H](C[C@@H](NS(=O)(=O)c1ccccc1[N+](=O)[O-])c1ccccc1)O[Si](C)(C)C(C)(C)C. The molecule has 222 valence electrons. The topological polar surface area (TPSA) is 145 Å². The summed E-state index contributed by atoms with van der Waals surface area (Å²) in [4.78, 5) is 21.9. The lowest BCUT2D eigenvalue weighted by Gasteiger charge is -2.41. The van der Waals surface area contributed by atoms with Crippen LogP contribution >= 0.6 is 0 Å². The number of esters is 1. The van der Waals surface area contributed by atoms with Crippen molar-refractivity contribution in [1.82, 2.24) is 4.72 Å². The summed E-state index contributed by atoms with van der Waals surface area (Å²) < 4.78 is 41.0. The minimum atomic E-state index is -4.33. The molecule has 0 radical (unpaired) electrons. The van der Waals surface area contributed by atoms with Gasteiger partial charge in [0.2, 0.25) is 10.0 Å². The number of ether oxygens (including phenoxy) is 1. The molecule has 0 saturated heterocycles. The molecular formula is C28H42N2O8SSi. The Morgan fingerprint density at radius 3 is 2.25 bits per heavy atom. The van der Waals surface area contributed by atoms with Crippen LogP contribution in [0.2, 0.25) is 18.1 Å². The third-order valence-electron chi connectivity index (χ3n) is 7.36. The number of para-hydroxylation sites is 1. The molecule has 2 aromatic rings. The number of nitrogens with zero attached hydrogens (tertiary/aromatic N) is 1. The second-order valence-electron chi connectivity index (χ2n) is 11.4. The van der Waals surface area contributed by atoms with Gasteiger partial charge in [0.25, 0.3) is 5.69 Å². The maximum Gasteiger partial charge on any atom is 0.305 e. The zero-order chi connectivity index (χ0) is 30.1. The summed E-state index contributed by atoms with van der Waals surface area (Å²) in [5.74, 6) is -0.322. The first-order valence-electron chi connectivity index (χ1n) is 13.3. The molecule has 12 heteroatoms. The van der Waals surface area contributed by atoms with E-state index in [4.69, 9.17) is 4.43 Å². The molecule has 0 aliphatic heterocycles. The molecule has 2 N–H and O–H groups in total. The van der Waals surface area contributed by atoms with Gasteiger partial charge in [0.1, 0.15) is 0 Å². The van der Waals surface area contributed by atoms with Crippen molar-refractivity contribution in [2.45, 2.75) is 94.2 Å². The van der Waals surface area contributed by atoms with Crippen molar-refractivity contribution < 1.29 is 32.4 Å². The second-order valence-corrected chi connectivity index (χ2v) is 17.8. The highest BCUT2D eigenvalue weighted by molar-refractivity contribution is 7.89. The van der Waals surface area contributed by atoms with Crippen LogP contribution in [0.5, 0.6) is 0 Å². The Morgan fingerprint density at radius 2 is 1.68 bits per heavy atom. The number of hydrogen-bond donors (Lipinski definition) is 2. The summed E-state index contributed by atoms with van der Waals surface area (Å²) in [6.45, 7) is 10.3. The Bertz CT molecular complexity index is 1230. The second kappa shape index (κ2) is 14.3. The molecule has 0 unspecified atom stereocenters. The Morgan fingerprint density at radius 1 is 1.07 bits per heavy atom. The highest BCUT2D eigenvalue weighted by Gasteiger charge is 2.41. The normalized spacial score (nSPS) is 14.8. The number of hydrogen-bond acceptors (Lipinski definition) is 8. The summed E-state index contributed by atoms with van der Waals surface area (Å²) in [5.41, 5.74) is 0.105. The van der Waals surface area contributed by atoms with Crippen LogP contribution in [0.3, 0.4) is 0 Å². The van der Waals surface area contributed by atoms with Crippen molar-refractivity contribution in [3.05, 3.63) is 70.3 Å². The van der Waals surface area contributed by atoms with E-state index in [2.05, 4.69) is 43.3 Å². The van der Waals surface area contributed by atoms with Gasteiger partial charge in [0, 0.05) is 18.5 Å². The zero-order valence-electron chi connectivity index (χ0n) is 24.1. The number of unbranched alkanes of at least 4 members (excludes halogenated alkanes) is 1. The van der Waals surface area contributed by atoms with E-state index in [1.165, 1.54) is 25.3 Å². The summed E-state index contributed by atoms with van der Waals surface area (Å²) in [6.07, 6.45) is 0.0723. The van der Waals surface area contributed by atoms with Crippen molar-refractivity contribution in [2.75, 3.05) is 7.11 Å². The van der Waals surface area contributed by atoms with Crippen LogP contribution in [-0.4, -0.2) is 52.1 Å². The number of carbonyl (C=O) groups excluding carboxylic acids is 1. The van der Waals surface area contributed by atoms with Gasteiger partial charge in [-0.3, -0.25) is 14.9 Å². The molecule has 0 bridgehead atoms. The van der Waals surface area contributed by atoms with Crippen LogP contribution < -0.4 is 4.72 Å². The molecule has 0 aromatic heterocycles. The summed E-state index contributed by atoms with van der Waals surface area (Å²) in [6, 6.07) is 13.2. The number of sulfonamides is 1. The largest absolute Gasteiger partial charge is 0.469 e. The molecule has 2 aromatic carbocycles. The van der Waals surface area contributed by atoms with Crippen LogP contribution in [0.1, 0.15) is 64.5 Å². The Labute approximate surface area is 238 Å². The van der Waals surface area contributed by atoms with Crippen molar-refractivity contribution >= 4 is 30.0 Å². The van der Waals surface area contributed by atoms with Crippen molar-refractivity contribution in [3.63, 3.8) is 0 Å². The first kappa shape index (κ1) is 33.6. The fourth-order valence-electron chi connectivity index (χ4n) is 4.01. The molecule has 40 heavy (non-hydrogen) atoms. The Hall–Kier alpha value is -2.64. The van der Waals surface area contributed by atoms with E-state index < -0.39 is 52.1 Å². The third-order valence-corrected chi connectivity index (χ3v) is 13.4. The number of aliphatic hydroxyl groups is 1. The van der Waals surface area contributed by atoms with Crippen molar-refractivity contribution in [2.24, 2.45) is 0 Å². The smallest absolute Gasteiger partial charge is 0.305 e. The summed E-state index contributed by atoms with van der Waals surface area (Å²) in [7, 11) is -5.42. The average Bonchev–Trinajstić information content (AvgIpc) is 2.89. The Balaban J connectivity index is 2.43. The van der Waals surface area contributed by atoms with Gasteiger partial charge in [-0.25, -0.2) is 13.1 Å². The van der Waals surface area contributed by atoms with E-state index in [-0.39, 0.29) is 23.8 Å². The van der Waals surface area contributed by atoms with Gasteiger partial charge in [0.05, 0.1) is 24.2 Å². The van der Waals surface area contributed by atoms with E-state index in [1.807, 2.05) is 0 Å². The quantitative estimate of drug-likeness (QED) is 0.0905. The van der Waals surface area contributed by atoms with E-state index in [1.54, 1.807) is 30.3 Å². The molecule has 0 fully saturated rings.